The van der Waals surface area contributed by atoms with E-state index in [-0.39, 0.29) is 6.42 Å². The molecule has 0 aromatic heterocycles. The summed E-state index contributed by atoms with van der Waals surface area (Å²) in [6, 6.07) is 0. The van der Waals surface area contributed by atoms with Gasteiger partial charge in [-0.15, -0.1) is 0 Å². The van der Waals surface area contributed by atoms with Crippen LogP contribution in [0.15, 0.2) is 0 Å². The molecule has 0 bridgehead atoms. The molecule has 0 aromatic carbocycles. The van der Waals surface area contributed by atoms with Crippen molar-refractivity contribution < 1.29 is 16.5 Å². The van der Waals surface area contributed by atoms with Gasteiger partial charge in [-0.2, -0.15) is 0 Å². The van der Waals surface area contributed by atoms with Gasteiger partial charge in [-0.1, -0.05) is 0 Å². The molecule has 0 aliphatic carbocycles. The van der Waals surface area contributed by atoms with Crippen LogP contribution in [-0.2, 0) is 16.5 Å². The molecule has 3 radical (unpaired) electrons. The van der Waals surface area contributed by atoms with Crippen LogP contribution in [0, 0.1) is 0 Å². The van der Waals surface area contributed by atoms with Crippen LogP contribution >= 0.6 is 0 Å². The highest BCUT2D eigenvalue weighted by Crippen LogP contribution is 2.21. The Morgan fingerprint density at radius 2 is 1.42 bits per heavy atom. The van der Waals surface area contributed by atoms with Crippen molar-refractivity contribution in [3.63, 3.8) is 0 Å². The molecule has 1 unspecified atom stereocenters. The first kappa shape index (κ1) is 17.6. The van der Waals surface area contributed by atoms with Crippen molar-refractivity contribution in [1.82, 2.24) is 0 Å². The van der Waals surface area contributed by atoms with Crippen LogP contribution < -0.4 is 22.9 Å². The van der Waals surface area contributed by atoms with Gasteiger partial charge in [0.1, 0.15) is 5.79 Å². The van der Waals surface area contributed by atoms with E-state index in [1.54, 1.807) is 0 Å². The van der Waals surface area contributed by atoms with Crippen molar-refractivity contribution in [3.8, 4) is 0 Å². The van der Waals surface area contributed by atoms with Crippen molar-refractivity contribution in [2.24, 2.45) is 22.9 Å². The molecule has 8 nitrogen and oxygen atoms in total. The first-order valence-corrected chi connectivity index (χ1v) is 13.7. The van der Waals surface area contributed by atoms with Crippen molar-refractivity contribution in [2.75, 3.05) is 0 Å². The van der Waals surface area contributed by atoms with Gasteiger partial charge in [-0.3, -0.25) is 0 Å². The Balaban J connectivity index is 2.81. The SMILES string of the molecule is C[Si]1O[Si](C)O[Si](C)(C(N)CC(N)(N)N)O[Si](C)O1. The van der Waals surface area contributed by atoms with Gasteiger partial charge in [0.25, 0.3) is 0 Å². The molecule has 1 fully saturated rings. The van der Waals surface area contributed by atoms with Crippen LogP contribution in [0.25, 0.3) is 0 Å². The zero-order valence-corrected chi connectivity index (χ0v) is 15.7. The van der Waals surface area contributed by atoms with Crippen LogP contribution in [0.4, 0.5) is 0 Å². The van der Waals surface area contributed by atoms with Crippen LogP contribution in [0.1, 0.15) is 6.42 Å². The molecule has 1 rings (SSSR count). The molecule has 12 heteroatoms. The van der Waals surface area contributed by atoms with E-state index < -0.39 is 47.9 Å². The van der Waals surface area contributed by atoms with Crippen LogP contribution in [0.3, 0.4) is 0 Å². The lowest BCUT2D eigenvalue weighted by Gasteiger charge is -2.40. The maximum atomic E-state index is 6.15. The minimum Gasteiger partial charge on any atom is -0.414 e. The van der Waals surface area contributed by atoms with Gasteiger partial charge < -0.3 is 39.4 Å². The molecule has 8 N–H and O–H groups in total. The lowest BCUT2D eigenvalue weighted by Crippen LogP contribution is -2.68. The molecule has 0 saturated carbocycles. The highest BCUT2D eigenvalue weighted by Gasteiger charge is 2.47. The monoisotopic (exact) mass is 339 g/mol. The van der Waals surface area contributed by atoms with Gasteiger partial charge in [-0.25, -0.2) is 0 Å². The molecule has 0 aromatic rings. The maximum absolute atomic E-state index is 6.15. The normalized spacial score (nSPS) is 25.9. The second kappa shape index (κ2) is 6.54. The Kier molecular flexibility index (Phi) is 6.06. The van der Waals surface area contributed by atoms with Crippen LogP contribution in [0.2, 0.25) is 26.2 Å². The number of nitrogens with two attached hydrogens (primary N) is 4. The summed E-state index contributed by atoms with van der Waals surface area (Å²) < 4.78 is 23.5. The van der Waals surface area contributed by atoms with E-state index >= 15 is 0 Å². The maximum Gasteiger partial charge on any atom is 0.362 e. The lowest BCUT2D eigenvalue weighted by molar-refractivity contribution is 0.257. The number of rotatable bonds is 3. The Bertz CT molecular complexity index is 293. The predicted octanol–water partition coefficient (Wildman–Crippen LogP) is -1.72. The summed E-state index contributed by atoms with van der Waals surface area (Å²) in [4.78, 5) is 0. The molecular weight excluding hydrogens is 316 g/mol. The Labute approximate surface area is 120 Å². The van der Waals surface area contributed by atoms with Crippen molar-refractivity contribution in [2.45, 2.75) is 44.1 Å². The minimum atomic E-state index is -2.69. The Morgan fingerprint density at radius 1 is 1.00 bits per heavy atom. The summed E-state index contributed by atoms with van der Waals surface area (Å²) in [7, 11) is -6.92. The van der Waals surface area contributed by atoms with Gasteiger partial charge in [0.15, 0.2) is 0 Å². The van der Waals surface area contributed by atoms with Gasteiger partial charge in [0.2, 0.25) is 0 Å². The minimum absolute atomic E-state index is 0.212. The standard InChI is InChI=1S/C7H23N4O4Si4/c1-16-12-17(2)14-19(4,15-18(3)13-16)6(8)5-7(9,10)11/h6H,5,8-11H2,1-4H3. The zero-order valence-electron chi connectivity index (χ0n) is 11.7. The fourth-order valence-corrected chi connectivity index (χ4v) is 13.7. The fourth-order valence-electron chi connectivity index (χ4n) is 1.78. The van der Waals surface area contributed by atoms with Gasteiger partial charge in [-0.05, 0) is 26.2 Å². The van der Waals surface area contributed by atoms with Crippen molar-refractivity contribution in [1.29, 1.82) is 0 Å². The molecule has 111 valence electrons. The third kappa shape index (κ3) is 5.82. The molecule has 1 atom stereocenters. The first-order chi connectivity index (χ1) is 8.52. The average molecular weight is 340 g/mol. The predicted molar refractivity (Wildman–Crippen MR) is 78.7 cm³/mol. The molecule has 0 spiro atoms. The van der Waals surface area contributed by atoms with E-state index in [0.29, 0.717) is 0 Å². The first-order valence-electron chi connectivity index (χ1n) is 5.88. The second-order valence-corrected chi connectivity index (χ2v) is 13.8. The average Bonchev–Trinajstić information content (AvgIpc) is 2.10. The van der Waals surface area contributed by atoms with E-state index in [4.69, 9.17) is 39.4 Å². The molecule has 1 saturated heterocycles. The molecule has 1 heterocycles. The van der Waals surface area contributed by atoms with E-state index in [0.717, 1.165) is 0 Å². The highest BCUT2D eigenvalue weighted by molar-refractivity contribution is 6.81. The van der Waals surface area contributed by atoms with E-state index in [1.807, 2.05) is 26.2 Å². The topological polar surface area (TPSA) is 141 Å². The van der Waals surface area contributed by atoms with Crippen molar-refractivity contribution >= 4 is 36.4 Å². The van der Waals surface area contributed by atoms with Gasteiger partial charge in [0, 0.05) is 6.42 Å². The third-order valence-electron chi connectivity index (χ3n) is 2.51. The summed E-state index contributed by atoms with van der Waals surface area (Å²) in [5, 5.41) is 0. The molecule has 0 amide bonds. The van der Waals surface area contributed by atoms with E-state index in [9.17, 15) is 0 Å². The quantitative estimate of drug-likeness (QED) is 0.351. The molecule has 1 aliphatic rings. The third-order valence-corrected chi connectivity index (χ3v) is 14.2. The van der Waals surface area contributed by atoms with Crippen LogP contribution in [0.5, 0.6) is 0 Å². The van der Waals surface area contributed by atoms with Gasteiger partial charge >= 0.3 is 36.4 Å². The summed E-state index contributed by atoms with van der Waals surface area (Å²) >= 11 is 0. The summed E-state index contributed by atoms with van der Waals surface area (Å²) in [6.45, 7) is 7.61. The van der Waals surface area contributed by atoms with Crippen LogP contribution in [-0.4, -0.2) is 47.9 Å². The smallest absolute Gasteiger partial charge is 0.362 e. The summed E-state index contributed by atoms with van der Waals surface area (Å²) in [5.41, 5.74) is 22.5. The zero-order chi connectivity index (χ0) is 14.8. The van der Waals surface area contributed by atoms with E-state index in [2.05, 4.69) is 0 Å². The van der Waals surface area contributed by atoms with Gasteiger partial charge in [0.05, 0.1) is 5.67 Å². The number of hydrogen-bond acceptors (Lipinski definition) is 8. The second-order valence-electron chi connectivity index (χ2n) is 4.82. The van der Waals surface area contributed by atoms with E-state index in [1.165, 1.54) is 0 Å². The Morgan fingerprint density at radius 3 is 1.79 bits per heavy atom. The summed E-state index contributed by atoms with van der Waals surface area (Å²) in [6.07, 6.45) is 0.212. The molecule has 1 aliphatic heterocycles. The number of hydrogen-bond donors (Lipinski definition) is 4. The summed E-state index contributed by atoms with van der Waals surface area (Å²) in [5.74, 6) is -1.34. The van der Waals surface area contributed by atoms with Crippen molar-refractivity contribution in [3.05, 3.63) is 0 Å². The fraction of sp³-hybridized carbons (Fsp3) is 1.00. The largest absolute Gasteiger partial charge is 0.414 e. The highest BCUT2D eigenvalue weighted by atomic mass is 28.5. The lowest BCUT2D eigenvalue weighted by atomic mass is 10.3. The molecule has 19 heavy (non-hydrogen) atoms. The Hall–Kier alpha value is 0.548. The molecular formula is C7H23N4O4Si4.